The highest BCUT2D eigenvalue weighted by molar-refractivity contribution is 6.45. The molecule has 2 aliphatic heterocycles. The van der Waals surface area contributed by atoms with E-state index >= 15 is 0 Å². The lowest BCUT2D eigenvalue weighted by Gasteiger charge is -2.32. The molecular formula is C22H25N3O6. The van der Waals surface area contributed by atoms with Crippen molar-refractivity contribution < 1.29 is 28.7 Å². The van der Waals surface area contributed by atoms with Crippen LogP contribution in [0.15, 0.2) is 18.2 Å². The molecular weight excluding hydrogens is 402 g/mol. The number of anilines is 1. The average Bonchev–Trinajstić information content (AvgIpc) is 3.45. The van der Waals surface area contributed by atoms with Gasteiger partial charge in [0.25, 0.3) is 0 Å². The highest BCUT2D eigenvalue weighted by Gasteiger charge is 2.52. The van der Waals surface area contributed by atoms with Gasteiger partial charge in [0, 0.05) is 17.8 Å². The Bertz CT molecular complexity index is 963. The number of carbonyl (C=O) groups is 4. The number of benzene rings is 1. The molecule has 2 aliphatic carbocycles. The highest BCUT2D eigenvalue weighted by atomic mass is 16.6. The van der Waals surface area contributed by atoms with E-state index in [0.717, 1.165) is 29.1 Å². The summed E-state index contributed by atoms with van der Waals surface area (Å²) >= 11 is 0. The number of urea groups is 1. The van der Waals surface area contributed by atoms with Crippen LogP contribution in [0.5, 0.6) is 11.5 Å². The number of imide groups is 2. The molecule has 31 heavy (non-hydrogen) atoms. The normalized spacial score (nSPS) is 27.8. The Morgan fingerprint density at radius 2 is 1.87 bits per heavy atom. The minimum absolute atomic E-state index is 0.228. The van der Waals surface area contributed by atoms with Gasteiger partial charge in [-0.1, -0.05) is 6.42 Å². The first-order valence-electron chi connectivity index (χ1n) is 10.8. The van der Waals surface area contributed by atoms with Crippen LogP contribution < -0.4 is 14.8 Å². The number of hydrogen-bond acceptors (Lipinski definition) is 6. The quantitative estimate of drug-likeness (QED) is 0.569. The van der Waals surface area contributed by atoms with E-state index in [2.05, 4.69) is 5.32 Å². The molecule has 9 heteroatoms. The summed E-state index contributed by atoms with van der Waals surface area (Å²) in [6.45, 7) is 2.20. The van der Waals surface area contributed by atoms with Crippen molar-refractivity contribution >= 4 is 29.4 Å². The van der Waals surface area contributed by atoms with Crippen LogP contribution in [0.3, 0.4) is 0 Å². The predicted octanol–water partition coefficient (Wildman–Crippen LogP) is 2.01. The largest absolute Gasteiger partial charge is 0.486 e. The van der Waals surface area contributed by atoms with Crippen molar-refractivity contribution in [1.29, 1.82) is 0 Å². The fourth-order valence-electron chi connectivity index (χ4n) is 5.56. The number of ether oxygens (including phenoxy) is 2. The van der Waals surface area contributed by atoms with E-state index in [1.807, 2.05) is 6.92 Å². The van der Waals surface area contributed by atoms with Gasteiger partial charge < -0.3 is 14.8 Å². The second-order valence-corrected chi connectivity index (χ2v) is 8.83. The summed E-state index contributed by atoms with van der Waals surface area (Å²) < 4.78 is 10.9. The molecule has 1 saturated heterocycles. The first kappa shape index (κ1) is 19.8. The van der Waals surface area contributed by atoms with Crippen LogP contribution >= 0.6 is 0 Å². The molecule has 9 nitrogen and oxygen atoms in total. The minimum atomic E-state index is -0.947. The zero-order valence-electron chi connectivity index (χ0n) is 17.3. The lowest BCUT2D eigenvalue weighted by Crippen LogP contribution is -2.45. The van der Waals surface area contributed by atoms with Gasteiger partial charge in [0.2, 0.25) is 5.91 Å². The maximum Gasteiger partial charge on any atom is 0.334 e. The van der Waals surface area contributed by atoms with Crippen molar-refractivity contribution in [2.75, 3.05) is 25.1 Å². The molecule has 5 amide bonds. The summed E-state index contributed by atoms with van der Waals surface area (Å²) in [5, 5.41) is 2.65. The average molecular weight is 427 g/mol. The molecule has 2 bridgehead atoms. The number of nitrogens with one attached hydrogen (secondary N) is 1. The van der Waals surface area contributed by atoms with Gasteiger partial charge in [0.1, 0.15) is 19.8 Å². The van der Waals surface area contributed by atoms with E-state index in [9.17, 15) is 19.2 Å². The van der Waals surface area contributed by atoms with Crippen molar-refractivity contribution in [3.8, 4) is 11.5 Å². The van der Waals surface area contributed by atoms with Crippen molar-refractivity contribution in [2.45, 2.75) is 38.6 Å². The van der Waals surface area contributed by atoms with Crippen molar-refractivity contribution in [3.05, 3.63) is 18.2 Å². The second-order valence-electron chi connectivity index (χ2n) is 8.83. The monoisotopic (exact) mass is 427 g/mol. The summed E-state index contributed by atoms with van der Waals surface area (Å²) in [5.41, 5.74) is 0.451. The van der Waals surface area contributed by atoms with Crippen molar-refractivity contribution in [3.63, 3.8) is 0 Å². The molecule has 164 valence electrons. The Kier molecular flexibility index (Phi) is 4.83. The van der Waals surface area contributed by atoms with Gasteiger partial charge in [0.05, 0.1) is 0 Å². The third kappa shape index (κ3) is 3.41. The third-order valence-corrected chi connectivity index (χ3v) is 7.03. The second kappa shape index (κ2) is 7.55. The molecule has 1 aromatic carbocycles. The van der Waals surface area contributed by atoms with Gasteiger partial charge >= 0.3 is 17.8 Å². The van der Waals surface area contributed by atoms with Crippen LogP contribution in [0.2, 0.25) is 0 Å². The van der Waals surface area contributed by atoms with Gasteiger partial charge in [0.15, 0.2) is 11.5 Å². The number of hydrogen-bond donors (Lipinski definition) is 1. The van der Waals surface area contributed by atoms with E-state index in [-0.39, 0.29) is 12.0 Å². The number of carbonyl (C=O) groups excluding carboxylic acids is 4. The highest BCUT2D eigenvalue weighted by Crippen LogP contribution is 2.50. The van der Waals surface area contributed by atoms with Gasteiger partial charge in [-0.25, -0.2) is 9.69 Å². The van der Waals surface area contributed by atoms with Gasteiger partial charge in [-0.3, -0.25) is 19.3 Å². The zero-order valence-corrected chi connectivity index (χ0v) is 17.3. The lowest BCUT2D eigenvalue weighted by atomic mass is 9.83. The molecule has 4 aliphatic rings. The number of rotatable bonds is 5. The van der Waals surface area contributed by atoms with Crippen LogP contribution in [0.1, 0.15) is 32.6 Å². The van der Waals surface area contributed by atoms with Crippen LogP contribution in [0.4, 0.5) is 10.5 Å². The third-order valence-electron chi connectivity index (χ3n) is 7.03. The smallest absolute Gasteiger partial charge is 0.334 e. The molecule has 2 saturated carbocycles. The maximum absolute atomic E-state index is 12.9. The van der Waals surface area contributed by atoms with E-state index in [1.54, 1.807) is 18.2 Å². The Hall–Kier alpha value is -3.10. The fourth-order valence-corrected chi connectivity index (χ4v) is 5.56. The van der Waals surface area contributed by atoms with E-state index < -0.39 is 30.3 Å². The standard InChI is InChI=1S/C22H25N3O6/c1-12(16-9-13-2-3-14(16)8-13)25-21(28)20(27)24(22(25)29)11-19(26)23-15-4-5-17-18(10-15)31-7-6-30-17/h4-5,10,12-14,16H,2-3,6-9,11H2,1H3,(H,23,26)/t12-,13+,14+,16+/m1/s1. The van der Waals surface area contributed by atoms with Crippen LogP contribution in [-0.2, 0) is 14.4 Å². The molecule has 1 aromatic rings. The first-order chi connectivity index (χ1) is 14.9. The van der Waals surface area contributed by atoms with Crippen LogP contribution in [0.25, 0.3) is 0 Å². The van der Waals surface area contributed by atoms with Crippen molar-refractivity contribution in [1.82, 2.24) is 9.80 Å². The SMILES string of the molecule is C[C@H]([C@@H]1C[C@H]2CC[C@H]1C2)N1C(=O)C(=O)N(CC(=O)Nc2ccc3c(c2)OCCO3)C1=O. The van der Waals surface area contributed by atoms with E-state index in [0.29, 0.717) is 42.2 Å². The zero-order chi connectivity index (χ0) is 21.7. The van der Waals surface area contributed by atoms with Crippen LogP contribution in [0, 0.1) is 17.8 Å². The summed E-state index contributed by atoms with van der Waals surface area (Å²) in [4.78, 5) is 52.3. The Morgan fingerprint density at radius 1 is 1.10 bits per heavy atom. The summed E-state index contributed by atoms with van der Waals surface area (Å²) in [7, 11) is 0. The Labute approximate surface area is 179 Å². The molecule has 2 heterocycles. The molecule has 1 N–H and O–H groups in total. The van der Waals surface area contributed by atoms with Crippen molar-refractivity contribution in [2.24, 2.45) is 17.8 Å². The lowest BCUT2D eigenvalue weighted by molar-refractivity contribution is -0.144. The molecule has 0 spiro atoms. The predicted molar refractivity (Wildman–Crippen MR) is 108 cm³/mol. The number of nitrogens with zero attached hydrogens (tertiary/aromatic N) is 2. The number of fused-ring (bicyclic) bond motifs is 3. The summed E-state index contributed by atoms with van der Waals surface area (Å²) in [6.07, 6.45) is 4.45. The molecule has 0 radical (unpaired) electrons. The Balaban J connectivity index is 1.25. The molecule has 0 unspecified atom stereocenters. The topological polar surface area (TPSA) is 105 Å². The summed E-state index contributed by atoms with van der Waals surface area (Å²) in [6, 6.07) is 3.90. The van der Waals surface area contributed by atoms with Gasteiger partial charge in [-0.05, 0) is 56.1 Å². The molecule has 5 rings (SSSR count). The minimum Gasteiger partial charge on any atom is -0.486 e. The first-order valence-corrected chi connectivity index (χ1v) is 10.8. The van der Waals surface area contributed by atoms with E-state index in [1.165, 1.54) is 6.42 Å². The van der Waals surface area contributed by atoms with Gasteiger partial charge in [-0.15, -0.1) is 0 Å². The Morgan fingerprint density at radius 3 is 2.58 bits per heavy atom. The van der Waals surface area contributed by atoms with Crippen LogP contribution in [-0.4, -0.2) is 59.4 Å². The van der Waals surface area contributed by atoms with Gasteiger partial charge in [-0.2, -0.15) is 0 Å². The maximum atomic E-state index is 12.9. The fraction of sp³-hybridized carbons (Fsp3) is 0.545. The molecule has 3 fully saturated rings. The number of amides is 5. The van der Waals surface area contributed by atoms with E-state index in [4.69, 9.17) is 9.47 Å². The molecule has 0 aromatic heterocycles. The molecule has 4 atom stereocenters. The summed E-state index contributed by atoms with van der Waals surface area (Å²) in [5.74, 6) is 0.136.